The van der Waals surface area contributed by atoms with Gasteiger partial charge in [-0.05, 0) is 44.9 Å². The highest BCUT2D eigenvalue weighted by molar-refractivity contribution is 5.98. The van der Waals surface area contributed by atoms with Gasteiger partial charge in [0.15, 0.2) is 11.5 Å². The van der Waals surface area contributed by atoms with Gasteiger partial charge in [0.2, 0.25) is 0 Å². The number of amides is 1. The number of hydrogen-bond acceptors (Lipinski definition) is 6. The van der Waals surface area contributed by atoms with Gasteiger partial charge in [-0.15, -0.1) is 0 Å². The fourth-order valence-electron chi connectivity index (χ4n) is 4.33. The molecule has 0 aliphatic heterocycles. The smallest absolute Gasteiger partial charge is 0.331 e. The fraction of sp³-hybridized carbons (Fsp3) is 0.526. The molecule has 0 spiro atoms. The lowest BCUT2D eigenvalue weighted by atomic mass is 9.76. The van der Waals surface area contributed by atoms with Crippen molar-refractivity contribution >= 4 is 11.9 Å². The second-order valence-electron chi connectivity index (χ2n) is 7.60. The van der Waals surface area contributed by atoms with E-state index in [1.807, 2.05) is 0 Å². The highest BCUT2D eigenvalue weighted by atomic mass is 16.5. The van der Waals surface area contributed by atoms with E-state index in [2.05, 4.69) is 20.4 Å². The van der Waals surface area contributed by atoms with E-state index in [4.69, 9.17) is 4.74 Å². The van der Waals surface area contributed by atoms with Gasteiger partial charge in [0.1, 0.15) is 5.54 Å². The molecule has 3 aliphatic carbocycles. The van der Waals surface area contributed by atoms with Crippen molar-refractivity contribution in [1.82, 2.24) is 25.1 Å². The van der Waals surface area contributed by atoms with Crippen molar-refractivity contribution < 1.29 is 14.3 Å². The van der Waals surface area contributed by atoms with Gasteiger partial charge in [0.25, 0.3) is 5.91 Å². The average Bonchev–Trinajstić information content (AvgIpc) is 3.14. The highest BCUT2D eigenvalue weighted by Gasteiger charge is 2.52. The van der Waals surface area contributed by atoms with Crippen LogP contribution in [-0.2, 0) is 16.0 Å². The maximum absolute atomic E-state index is 13.1. The number of fused-ring (bicyclic) bond motifs is 3. The van der Waals surface area contributed by atoms with Gasteiger partial charge in [-0.3, -0.25) is 9.78 Å². The molecule has 2 fully saturated rings. The maximum Gasteiger partial charge on any atom is 0.331 e. The lowest BCUT2D eigenvalue weighted by molar-refractivity contribution is -0.154. The molecule has 140 valence electrons. The van der Waals surface area contributed by atoms with E-state index in [9.17, 15) is 9.59 Å². The third-order valence-corrected chi connectivity index (χ3v) is 5.97. The Balaban J connectivity index is 1.48. The Morgan fingerprint density at radius 1 is 1.37 bits per heavy atom. The largest absolute Gasteiger partial charge is 0.464 e. The maximum atomic E-state index is 13.1. The summed E-state index contributed by atoms with van der Waals surface area (Å²) in [7, 11) is 0. The van der Waals surface area contributed by atoms with Crippen molar-refractivity contribution in [3.8, 4) is 5.82 Å². The van der Waals surface area contributed by atoms with E-state index in [0.29, 0.717) is 42.8 Å². The summed E-state index contributed by atoms with van der Waals surface area (Å²) < 4.78 is 6.94. The molecule has 1 amide bonds. The topological polar surface area (TPSA) is 99.0 Å². The molecule has 27 heavy (non-hydrogen) atoms. The lowest BCUT2D eigenvalue weighted by Crippen LogP contribution is -2.60. The zero-order valence-corrected chi connectivity index (χ0v) is 15.1. The molecule has 0 radical (unpaired) electrons. The summed E-state index contributed by atoms with van der Waals surface area (Å²) in [6, 6.07) is 0. The van der Waals surface area contributed by atoms with Crippen molar-refractivity contribution in [2.75, 3.05) is 6.61 Å². The Kier molecular flexibility index (Phi) is 3.57. The molecule has 2 aromatic heterocycles. The minimum Gasteiger partial charge on any atom is -0.464 e. The van der Waals surface area contributed by atoms with E-state index in [0.717, 1.165) is 30.5 Å². The number of hydrogen-bond donors (Lipinski definition) is 1. The summed E-state index contributed by atoms with van der Waals surface area (Å²) in [5, 5.41) is 7.51. The monoisotopic (exact) mass is 367 g/mol. The number of carbonyl (C=O) groups is 2. The van der Waals surface area contributed by atoms with Gasteiger partial charge in [0, 0.05) is 23.9 Å². The predicted octanol–water partition coefficient (Wildman–Crippen LogP) is 1.54. The minimum atomic E-state index is -0.905. The molecule has 8 nitrogen and oxygen atoms in total. The van der Waals surface area contributed by atoms with Crippen LogP contribution in [0.5, 0.6) is 0 Å². The van der Waals surface area contributed by atoms with Crippen molar-refractivity contribution in [1.29, 1.82) is 0 Å². The average molecular weight is 367 g/mol. The van der Waals surface area contributed by atoms with Crippen LogP contribution in [0.3, 0.4) is 0 Å². The van der Waals surface area contributed by atoms with Crippen LogP contribution in [0, 0.1) is 5.92 Å². The first-order valence-corrected chi connectivity index (χ1v) is 9.51. The minimum absolute atomic E-state index is 0.302. The van der Waals surface area contributed by atoms with Crippen LogP contribution >= 0.6 is 0 Å². The van der Waals surface area contributed by atoms with Crippen LogP contribution in [0.4, 0.5) is 0 Å². The third kappa shape index (κ3) is 2.46. The third-order valence-electron chi connectivity index (χ3n) is 5.97. The molecule has 0 aromatic carbocycles. The molecular formula is C19H21N5O3. The molecule has 5 rings (SSSR count). The SMILES string of the molecule is CCOC(=O)C1(NC(=O)c2nn(-c3cnccn3)c3c2C[C@H]2C[C@@H]32)CCC1. The van der Waals surface area contributed by atoms with Gasteiger partial charge < -0.3 is 10.1 Å². The van der Waals surface area contributed by atoms with E-state index in [-0.39, 0.29) is 11.9 Å². The quantitative estimate of drug-likeness (QED) is 0.805. The molecule has 0 saturated heterocycles. The normalized spacial score (nSPS) is 23.7. The molecule has 2 saturated carbocycles. The zero-order valence-electron chi connectivity index (χ0n) is 15.1. The van der Waals surface area contributed by atoms with Crippen LogP contribution in [0.25, 0.3) is 5.82 Å². The number of carbonyl (C=O) groups excluding carboxylic acids is 2. The molecule has 3 aliphatic rings. The summed E-state index contributed by atoms with van der Waals surface area (Å²) in [4.78, 5) is 33.9. The van der Waals surface area contributed by atoms with E-state index < -0.39 is 5.54 Å². The summed E-state index contributed by atoms with van der Waals surface area (Å²) in [6.45, 7) is 2.07. The van der Waals surface area contributed by atoms with Crippen molar-refractivity contribution in [2.24, 2.45) is 5.92 Å². The molecular weight excluding hydrogens is 346 g/mol. The van der Waals surface area contributed by atoms with Crippen molar-refractivity contribution in [2.45, 2.75) is 50.5 Å². The number of nitrogens with zero attached hydrogens (tertiary/aromatic N) is 4. The molecule has 2 aromatic rings. The van der Waals surface area contributed by atoms with Gasteiger partial charge in [0.05, 0.1) is 18.5 Å². The Morgan fingerprint density at radius 3 is 2.89 bits per heavy atom. The second-order valence-corrected chi connectivity index (χ2v) is 7.60. The van der Waals surface area contributed by atoms with Crippen molar-refractivity contribution in [3.05, 3.63) is 35.5 Å². The Bertz CT molecular complexity index is 919. The highest BCUT2D eigenvalue weighted by Crippen LogP contribution is 2.57. The summed E-state index contributed by atoms with van der Waals surface area (Å²) in [5.74, 6) is 0.999. The summed E-state index contributed by atoms with van der Waals surface area (Å²) in [5.41, 5.74) is 1.55. The Morgan fingerprint density at radius 2 is 2.22 bits per heavy atom. The van der Waals surface area contributed by atoms with E-state index in [1.165, 1.54) is 0 Å². The number of nitrogens with one attached hydrogen (secondary N) is 1. The number of esters is 1. The van der Waals surface area contributed by atoms with Crippen molar-refractivity contribution in [3.63, 3.8) is 0 Å². The first-order valence-electron chi connectivity index (χ1n) is 9.51. The molecule has 0 bridgehead atoms. The van der Waals surface area contributed by atoms with Crippen LogP contribution in [0.1, 0.15) is 60.3 Å². The van der Waals surface area contributed by atoms with Crippen LogP contribution in [0.15, 0.2) is 18.6 Å². The van der Waals surface area contributed by atoms with E-state index in [1.54, 1.807) is 30.2 Å². The molecule has 0 unspecified atom stereocenters. The van der Waals surface area contributed by atoms with Crippen LogP contribution in [-0.4, -0.2) is 43.8 Å². The van der Waals surface area contributed by atoms with E-state index >= 15 is 0 Å². The van der Waals surface area contributed by atoms with Crippen LogP contribution < -0.4 is 5.32 Å². The van der Waals surface area contributed by atoms with Gasteiger partial charge in [-0.25, -0.2) is 14.5 Å². The van der Waals surface area contributed by atoms with Gasteiger partial charge in [-0.1, -0.05) is 0 Å². The number of rotatable bonds is 5. The first-order chi connectivity index (χ1) is 13.1. The van der Waals surface area contributed by atoms with Gasteiger partial charge in [-0.2, -0.15) is 5.10 Å². The van der Waals surface area contributed by atoms with Gasteiger partial charge >= 0.3 is 5.97 Å². The van der Waals surface area contributed by atoms with Crippen LogP contribution in [0.2, 0.25) is 0 Å². The molecule has 2 atom stereocenters. The molecule has 2 heterocycles. The Labute approximate surface area is 156 Å². The lowest BCUT2D eigenvalue weighted by Gasteiger charge is -2.39. The predicted molar refractivity (Wildman–Crippen MR) is 94.4 cm³/mol. The Hall–Kier alpha value is -2.77. The molecule has 1 N–H and O–H groups in total. The first kappa shape index (κ1) is 16.4. The summed E-state index contributed by atoms with van der Waals surface area (Å²) in [6.07, 6.45) is 8.98. The number of ether oxygens (including phenoxy) is 1. The fourth-order valence-corrected chi connectivity index (χ4v) is 4.33. The number of aromatic nitrogens is 4. The molecule has 8 heteroatoms. The summed E-state index contributed by atoms with van der Waals surface area (Å²) >= 11 is 0. The second kappa shape index (κ2) is 5.87. The zero-order chi connectivity index (χ0) is 18.6. The standard InChI is InChI=1S/C19H21N5O3/c1-2-27-18(26)19(4-3-5-19)22-17(25)15-13-9-11-8-12(11)16(13)24(23-15)14-10-20-6-7-21-14/h6-7,10-12H,2-5,8-9H2,1H3,(H,22,25)/t11-,12-/m1/s1.